The van der Waals surface area contributed by atoms with Gasteiger partial charge in [0.1, 0.15) is 12.4 Å². The number of primary amides is 1. The number of aromatic nitrogens is 2. The van der Waals surface area contributed by atoms with Crippen molar-refractivity contribution >= 4 is 39.5 Å². The molecule has 0 saturated carbocycles. The van der Waals surface area contributed by atoms with Crippen LogP contribution in [0.3, 0.4) is 0 Å². The zero-order valence-electron chi connectivity index (χ0n) is 24.5. The lowest BCUT2D eigenvalue weighted by Crippen LogP contribution is -2.26. The van der Waals surface area contributed by atoms with Gasteiger partial charge in [0.2, 0.25) is 5.91 Å². The third-order valence-electron chi connectivity index (χ3n) is 7.86. The molecular weight excluding hydrogens is 540 g/mol. The van der Waals surface area contributed by atoms with Crippen molar-refractivity contribution in [1.82, 2.24) is 9.72 Å². The molecule has 0 saturated heterocycles. The van der Waals surface area contributed by atoms with Crippen molar-refractivity contribution in [3.63, 3.8) is 0 Å². The minimum Gasteiger partial charge on any atom is -0.444 e. The van der Waals surface area contributed by atoms with E-state index >= 15 is 0 Å². The predicted molar refractivity (Wildman–Crippen MR) is 168 cm³/mol. The van der Waals surface area contributed by atoms with Crippen molar-refractivity contribution < 1.29 is 18.8 Å². The maximum absolute atomic E-state index is 13.1. The third-order valence-corrected chi connectivity index (χ3v) is 7.86. The molecular formula is C35H32N4O4. The molecule has 2 N–H and O–H groups in total. The van der Waals surface area contributed by atoms with Gasteiger partial charge in [-0.3, -0.25) is 9.69 Å². The van der Waals surface area contributed by atoms with Gasteiger partial charge in [-0.15, -0.1) is 0 Å². The molecule has 0 aliphatic rings. The number of nitrogens with zero attached hydrogens (tertiary/aromatic N) is 3. The van der Waals surface area contributed by atoms with E-state index in [9.17, 15) is 9.59 Å². The number of rotatable bonds is 7. The average Bonchev–Trinajstić information content (AvgIpc) is 3.51. The van der Waals surface area contributed by atoms with Crippen LogP contribution < -0.4 is 10.6 Å². The van der Waals surface area contributed by atoms with Crippen LogP contribution in [0.2, 0.25) is 0 Å². The fraction of sp³-hybridized carbons (Fsp3) is 0.171. The zero-order valence-corrected chi connectivity index (χ0v) is 24.5. The Labute approximate surface area is 249 Å². The summed E-state index contributed by atoms with van der Waals surface area (Å²) in [5.41, 5.74) is 14.3. The van der Waals surface area contributed by atoms with Gasteiger partial charge in [0.25, 0.3) is 0 Å². The van der Waals surface area contributed by atoms with Crippen LogP contribution in [0.4, 0.5) is 10.5 Å². The summed E-state index contributed by atoms with van der Waals surface area (Å²) < 4.78 is 13.2. The molecule has 0 aliphatic carbocycles. The van der Waals surface area contributed by atoms with Gasteiger partial charge in [-0.2, -0.15) is 0 Å². The number of anilines is 1. The SMILES string of the molecule is Cc1ccc(COC(=O)N(C)c2ccc3c(c2)c2c(C(N)=O)cc(-c4c(C)noc4C)cc2n3Cc2ccccc2)cc1. The summed E-state index contributed by atoms with van der Waals surface area (Å²) in [7, 11) is 1.67. The van der Waals surface area contributed by atoms with E-state index in [1.807, 2.05) is 81.4 Å². The largest absolute Gasteiger partial charge is 0.444 e. The van der Waals surface area contributed by atoms with E-state index in [4.69, 9.17) is 15.0 Å². The molecule has 0 aliphatic heterocycles. The molecule has 2 amide bonds. The molecule has 43 heavy (non-hydrogen) atoms. The molecule has 0 atom stereocenters. The lowest BCUT2D eigenvalue weighted by atomic mass is 9.97. The van der Waals surface area contributed by atoms with Crippen LogP contribution in [-0.4, -0.2) is 28.8 Å². The standard InChI is InChI=1S/C35H32N4O4/c1-21-10-12-25(13-11-21)20-42-35(41)38(4)27-14-15-30-28(18-27)33-29(34(36)40)16-26(32-22(2)37-43-23(32)3)17-31(33)39(30)19-24-8-6-5-7-9-24/h5-18H,19-20H2,1-4H3,(H2,36,40). The smallest absolute Gasteiger partial charge is 0.414 e. The summed E-state index contributed by atoms with van der Waals surface area (Å²) in [5.74, 6) is 0.111. The zero-order chi connectivity index (χ0) is 30.2. The molecule has 216 valence electrons. The van der Waals surface area contributed by atoms with Gasteiger partial charge in [-0.1, -0.05) is 65.3 Å². The Kier molecular flexibility index (Phi) is 7.19. The van der Waals surface area contributed by atoms with Crippen LogP contribution in [0.5, 0.6) is 0 Å². The van der Waals surface area contributed by atoms with Gasteiger partial charge in [-0.25, -0.2) is 4.79 Å². The number of hydrogen-bond acceptors (Lipinski definition) is 5. The lowest BCUT2D eigenvalue weighted by Gasteiger charge is -2.18. The van der Waals surface area contributed by atoms with Gasteiger partial charge in [-0.05, 0) is 67.8 Å². The fourth-order valence-electron chi connectivity index (χ4n) is 5.62. The molecule has 0 fully saturated rings. The van der Waals surface area contributed by atoms with Crippen LogP contribution in [0, 0.1) is 20.8 Å². The monoisotopic (exact) mass is 572 g/mol. The highest BCUT2D eigenvalue weighted by Gasteiger charge is 2.23. The predicted octanol–water partition coefficient (Wildman–Crippen LogP) is 7.29. The topological polar surface area (TPSA) is 104 Å². The molecule has 2 heterocycles. The van der Waals surface area contributed by atoms with Crippen molar-refractivity contribution in [2.45, 2.75) is 33.9 Å². The van der Waals surface area contributed by atoms with Crippen molar-refractivity contribution in [3.8, 4) is 11.1 Å². The molecule has 0 radical (unpaired) electrons. The van der Waals surface area contributed by atoms with Gasteiger partial charge in [0.05, 0.1) is 11.2 Å². The lowest BCUT2D eigenvalue weighted by molar-refractivity contribution is 0.100. The molecule has 8 nitrogen and oxygen atoms in total. The van der Waals surface area contributed by atoms with E-state index in [-0.39, 0.29) is 6.61 Å². The quantitative estimate of drug-likeness (QED) is 0.216. The molecule has 8 heteroatoms. The van der Waals surface area contributed by atoms with Gasteiger partial charge in [0, 0.05) is 46.7 Å². The number of carbonyl (C=O) groups is 2. The Bertz CT molecular complexity index is 1970. The molecule has 0 spiro atoms. The van der Waals surface area contributed by atoms with E-state index in [0.29, 0.717) is 23.6 Å². The van der Waals surface area contributed by atoms with Crippen molar-refractivity contribution in [1.29, 1.82) is 0 Å². The van der Waals surface area contributed by atoms with Crippen LogP contribution in [-0.2, 0) is 17.9 Å². The van der Waals surface area contributed by atoms with E-state index in [1.165, 1.54) is 4.90 Å². The minimum atomic E-state index is -0.548. The first-order valence-electron chi connectivity index (χ1n) is 14.0. The molecule has 0 unspecified atom stereocenters. The number of amides is 2. The van der Waals surface area contributed by atoms with Crippen LogP contribution in [0.25, 0.3) is 32.9 Å². The summed E-state index contributed by atoms with van der Waals surface area (Å²) in [5, 5.41) is 5.64. The Balaban J connectivity index is 1.49. The maximum Gasteiger partial charge on any atom is 0.414 e. The molecule has 6 aromatic rings. The second-order valence-corrected chi connectivity index (χ2v) is 10.9. The van der Waals surface area contributed by atoms with E-state index < -0.39 is 12.0 Å². The molecule has 2 aromatic heterocycles. The first-order chi connectivity index (χ1) is 20.7. The number of benzene rings is 4. The number of fused-ring (bicyclic) bond motifs is 3. The summed E-state index contributed by atoms with van der Waals surface area (Å²) in [6.07, 6.45) is -0.483. The third kappa shape index (κ3) is 5.23. The summed E-state index contributed by atoms with van der Waals surface area (Å²) in [6, 6.07) is 27.6. The van der Waals surface area contributed by atoms with Crippen LogP contribution >= 0.6 is 0 Å². The number of carbonyl (C=O) groups excluding carboxylic acids is 2. The van der Waals surface area contributed by atoms with E-state index in [2.05, 4.69) is 27.9 Å². The molecule has 0 bridgehead atoms. The van der Waals surface area contributed by atoms with Crippen molar-refractivity contribution in [3.05, 3.63) is 119 Å². The van der Waals surface area contributed by atoms with Gasteiger partial charge < -0.3 is 19.6 Å². The van der Waals surface area contributed by atoms with Crippen LogP contribution in [0.1, 0.15) is 38.5 Å². The number of nitrogens with two attached hydrogens (primary N) is 1. The first kappa shape index (κ1) is 27.8. The second kappa shape index (κ2) is 11.1. The Morgan fingerprint density at radius 1 is 0.907 bits per heavy atom. The Morgan fingerprint density at radius 2 is 1.65 bits per heavy atom. The van der Waals surface area contributed by atoms with Crippen LogP contribution in [0.15, 0.2) is 89.5 Å². The summed E-state index contributed by atoms with van der Waals surface area (Å²) in [4.78, 5) is 27.5. The Hall–Kier alpha value is -5.37. The first-order valence-corrected chi connectivity index (χ1v) is 14.0. The normalized spacial score (nSPS) is 11.3. The molecule has 4 aromatic carbocycles. The summed E-state index contributed by atoms with van der Waals surface area (Å²) >= 11 is 0. The molecule has 6 rings (SSSR count). The van der Waals surface area contributed by atoms with Gasteiger partial charge in [0.15, 0.2) is 0 Å². The number of hydrogen-bond donors (Lipinski definition) is 1. The van der Waals surface area contributed by atoms with Crippen molar-refractivity contribution in [2.24, 2.45) is 5.73 Å². The second-order valence-electron chi connectivity index (χ2n) is 10.9. The highest BCUT2D eigenvalue weighted by atomic mass is 16.6. The maximum atomic E-state index is 13.1. The number of aryl methyl sites for hydroxylation is 3. The van der Waals surface area contributed by atoms with E-state index in [0.717, 1.165) is 55.3 Å². The Morgan fingerprint density at radius 3 is 2.33 bits per heavy atom. The fourth-order valence-corrected chi connectivity index (χ4v) is 5.62. The average molecular weight is 573 g/mol. The highest BCUT2D eigenvalue weighted by Crippen LogP contribution is 2.39. The highest BCUT2D eigenvalue weighted by molar-refractivity contribution is 6.19. The van der Waals surface area contributed by atoms with E-state index in [1.54, 1.807) is 13.1 Å². The van der Waals surface area contributed by atoms with Gasteiger partial charge >= 0.3 is 6.09 Å². The van der Waals surface area contributed by atoms with Crippen molar-refractivity contribution in [2.75, 3.05) is 11.9 Å². The minimum absolute atomic E-state index is 0.165. The number of ether oxygens (including phenoxy) is 1. The summed E-state index contributed by atoms with van der Waals surface area (Å²) in [6.45, 7) is 6.47.